The van der Waals surface area contributed by atoms with E-state index in [0.717, 1.165) is 12.1 Å². The topological polar surface area (TPSA) is 22.0 Å². The molecular formula is C14H23NO. The van der Waals surface area contributed by atoms with Crippen LogP contribution in [-0.2, 0) is 13.5 Å². The van der Waals surface area contributed by atoms with Crippen molar-refractivity contribution in [1.29, 1.82) is 0 Å². The van der Waals surface area contributed by atoms with Gasteiger partial charge in [-0.25, -0.2) is 0 Å². The first kappa shape index (κ1) is 13.0. The highest BCUT2D eigenvalue weighted by Gasteiger charge is 2.16. The van der Waals surface area contributed by atoms with E-state index in [1.54, 1.807) is 10.6 Å². The molecule has 16 heavy (non-hydrogen) atoms. The van der Waals surface area contributed by atoms with Crippen molar-refractivity contribution in [3.8, 4) is 0 Å². The van der Waals surface area contributed by atoms with Crippen molar-refractivity contribution in [2.75, 3.05) is 0 Å². The number of aromatic nitrogens is 1. The molecule has 0 amide bonds. The van der Waals surface area contributed by atoms with E-state index in [0.29, 0.717) is 11.3 Å². The average Bonchev–Trinajstić information content (AvgIpc) is 2.09. The maximum Gasteiger partial charge on any atom is 0.250 e. The standard InChI is InChI=1S/C14H23NO/c1-11(10-14(2,3)4)9-12-7-6-8-13(16)15(12)5/h6-8,11H,9-10H2,1-5H3. The molecule has 0 saturated carbocycles. The molecule has 0 saturated heterocycles. The molecule has 1 unspecified atom stereocenters. The van der Waals surface area contributed by atoms with E-state index in [1.165, 1.54) is 6.42 Å². The van der Waals surface area contributed by atoms with E-state index in [-0.39, 0.29) is 5.56 Å². The Balaban J connectivity index is 2.74. The number of rotatable bonds is 3. The fourth-order valence-corrected chi connectivity index (χ4v) is 2.29. The number of hydrogen-bond acceptors (Lipinski definition) is 1. The van der Waals surface area contributed by atoms with Gasteiger partial charge in [-0.3, -0.25) is 4.79 Å². The van der Waals surface area contributed by atoms with E-state index >= 15 is 0 Å². The van der Waals surface area contributed by atoms with Crippen molar-refractivity contribution >= 4 is 0 Å². The fraction of sp³-hybridized carbons (Fsp3) is 0.643. The molecule has 0 N–H and O–H groups in total. The third-order valence-electron chi connectivity index (χ3n) is 2.81. The predicted octanol–water partition coefficient (Wildman–Crippen LogP) is 3.00. The molecule has 1 rings (SSSR count). The first-order valence-corrected chi connectivity index (χ1v) is 5.94. The second-order valence-corrected chi connectivity index (χ2v) is 5.99. The minimum atomic E-state index is 0.0838. The van der Waals surface area contributed by atoms with Crippen LogP contribution in [0, 0.1) is 11.3 Å². The lowest BCUT2D eigenvalue weighted by Gasteiger charge is -2.23. The largest absolute Gasteiger partial charge is 0.316 e. The normalized spacial score (nSPS) is 13.8. The van der Waals surface area contributed by atoms with Crippen LogP contribution in [0.4, 0.5) is 0 Å². The zero-order chi connectivity index (χ0) is 12.3. The van der Waals surface area contributed by atoms with Crippen LogP contribution in [0.5, 0.6) is 0 Å². The summed E-state index contributed by atoms with van der Waals surface area (Å²) in [6.45, 7) is 9.03. The van der Waals surface area contributed by atoms with Crippen molar-refractivity contribution in [2.24, 2.45) is 18.4 Å². The number of hydrogen-bond donors (Lipinski definition) is 0. The third kappa shape index (κ3) is 3.84. The molecule has 1 heterocycles. The summed E-state index contributed by atoms with van der Waals surface area (Å²) in [4.78, 5) is 11.5. The summed E-state index contributed by atoms with van der Waals surface area (Å²) in [5.41, 5.74) is 1.57. The first-order valence-electron chi connectivity index (χ1n) is 5.94. The fourth-order valence-electron chi connectivity index (χ4n) is 2.29. The predicted molar refractivity (Wildman–Crippen MR) is 68.6 cm³/mol. The van der Waals surface area contributed by atoms with Gasteiger partial charge in [-0.15, -0.1) is 0 Å². The highest BCUT2D eigenvalue weighted by molar-refractivity contribution is 5.07. The Morgan fingerprint density at radius 1 is 1.31 bits per heavy atom. The molecule has 2 nitrogen and oxygen atoms in total. The molecule has 0 bridgehead atoms. The van der Waals surface area contributed by atoms with Gasteiger partial charge in [-0.1, -0.05) is 33.8 Å². The minimum absolute atomic E-state index is 0.0838. The number of pyridine rings is 1. The van der Waals surface area contributed by atoms with E-state index in [4.69, 9.17) is 0 Å². The Labute approximate surface area is 98.3 Å². The molecule has 0 aliphatic heterocycles. The molecule has 1 atom stereocenters. The lowest BCUT2D eigenvalue weighted by atomic mass is 9.83. The molecule has 0 aliphatic rings. The Morgan fingerprint density at radius 2 is 1.94 bits per heavy atom. The summed E-state index contributed by atoms with van der Waals surface area (Å²) >= 11 is 0. The van der Waals surface area contributed by atoms with E-state index < -0.39 is 0 Å². The summed E-state index contributed by atoms with van der Waals surface area (Å²) in [6.07, 6.45) is 2.15. The summed E-state index contributed by atoms with van der Waals surface area (Å²) in [6, 6.07) is 5.50. The minimum Gasteiger partial charge on any atom is -0.316 e. The molecule has 1 aromatic heterocycles. The van der Waals surface area contributed by atoms with Crippen LogP contribution in [0.25, 0.3) is 0 Å². The maximum absolute atomic E-state index is 11.5. The molecule has 0 radical (unpaired) electrons. The van der Waals surface area contributed by atoms with Crippen molar-refractivity contribution in [1.82, 2.24) is 4.57 Å². The second-order valence-electron chi connectivity index (χ2n) is 5.99. The van der Waals surface area contributed by atoms with Crippen LogP contribution in [0.2, 0.25) is 0 Å². The van der Waals surface area contributed by atoms with E-state index in [1.807, 2.05) is 19.2 Å². The van der Waals surface area contributed by atoms with Gasteiger partial charge in [0.2, 0.25) is 5.56 Å². The highest BCUT2D eigenvalue weighted by Crippen LogP contribution is 2.25. The van der Waals surface area contributed by atoms with Gasteiger partial charge >= 0.3 is 0 Å². The van der Waals surface area contributed by atoms with Gasteiger partial charge in [0, 0.05) is 18.8 Å². The van der Waals surface area contributed by atoms with Crippen LogP contribution < -0.4 is 5.56 Å². The summed E-state index contributed by atoms with van der Waals surface area (Å²) in [7, 11) is 1.85. The zero-order valence-electron chi connectivity index (χ0n) is 11.1. The Bertz CT molecular complexity index is 398. The summed E-state index contributed by atoms with van der Waals surface area (Å²) in [5, 5.41) is 0. The molecule has 2 heteroatoms. The maximum atomic E-state index is 11.5. The molecule has 0 aromatic carbocycles. The molecular weight excluding hydrogens is 198 g/mol. The van der Waals surface area contributed by atoms with Crippen LogP contribution in [0.15, 0.2) is 23.0 Å². The van der Waals surface area contributed by atoms with Crippen LogP contribution >= 0.6 is 0 Å². The Hall–Kier alpha value is -1.05. The van der Waals surface area contributed by atoms with Crippen LogP contribution in [0.3, 0.4) is 0 Å². The van der Waals surface area contributed by atoms with Gasteiger partial charge in [-0.2, -0.15) is 0 Å². The number of nitrogens with zero attached hydrogens (tertiary/aromatic N) is 1. The smallest absolute Gasteiger partial charge is 0.250 e. The van der Waals surface area contributed by atoms with Crippen LogP contribution in [-0.4, -0.2) is 4.57 Å². The monoisotopic (exact) mass is 221 g/mol. The molecule has 0 spiro atoms. The lowest BCUT2D eigenvalue weighted by molar-refractivity contribution is 0.303. The average molecular weight is 221 g/mol. The van der Waals surface area contributed by atoms with Gasteiger partial charge < -0.3 is 4.57 Å². The van der Waals surface area contributed by atoms with Crippen molar-refractivity contribution in [3.63, 3.8) is 0 Å². The van der Waals surface area contributed by atoms with Gasteiger partial charge in [-0.05, 0) is 30.2 Å². The van der Waals surface area contributed by atoms with Gasteiger partial charge in [0.15, 0.2) is 0 Å². The molecule has 0 aliphatic carbocycles. The summed E-state index contributed by atoms with van der Waals surface area (Å²) in [5.74, 6) is 0.605. The Morgan fingerprint density at radius 3 is 2.50 bits per heavy atom. The second kappa shape index (κ2) is 4.86. The van der Waals surface area contributed by atoms with Crippen molar-refractivity contribution in [3.05, 3.63) is 34.2 Å². The van der Waals surface area contributed by atoms with Crippen LogP contribution in [0.1, 0.15) is 39.8 Å². The van der Waals surface area contributed by atoms with Gasteiger partial charge in [0.05, 0.1) is 0 Å². The molecule has 0 fully saturated rings. The third-order valence-corrected chi connectivity index (χ3v) is 2.81. The molecule has 1 aromatic rings. The SMILES string of the molecule is CC(Cc1cccc(=O)n1C)CC(C)(C)C. The zero-order valence-corrected chi connectivity index (χ0v) is 11.1. The van der Waals surface area contributed by atoms with Gasteiger partial charge in [0.1, 0.15) is 0 Å². The first-order chi connectivity index (χ1) is 7.29. The van der Waals surface area contributed by atoms with Crippen molar-refractivity contribution in [2.45, 2.75) is 40.5 Å². The summed E-state index contributed by atoms with van der Waals surface area (Å²) < 4.78 is 1.75. The molecule has 90 valence electrons. The van der Waals surface area contributed by atoms with E-state index in [2.05, 4.69) is 27.7 Å². The lowest BCUT2D eigenvalue weighted by Crippen LogP contribution is -2.21. The Kier molecular flexibility index (Phi) is 3.95. The highest BCUT2D eigenvalue weighted by atomic mass is 16.1. The van der Waals surface area contributed by atoms with Gasteiger partial charge in [0.25, 0.3) is 0 Å². The van der Waals surface area contributed by atoms with Crippen molar-refractivity contribution < 1.29 is 0 Å². The quantitative estimate of drug-likeness (QED) is 0.769. The van der Waals surface area contributed by atoms with E-state index in [9.17, 15) is 4.79 Å².